The van der Waals surface area contributed by atoms with Crippen LogP contribution in [0.15, 0.2) is 59.5 Å². The number of hydrogen-bond donors (Lipinski definition) is 1. The largest absolute Gasteiger partial charge is 0.347 e. The first-order chi connectivity index (χ1) is 11.5. The monoisotopic (exact) mass is 341 g/mol. The van der Waals surface area contributed by atoms with Crippen molar-refractivity contribution in [1.82, 2.24) is 5.32 Å². The second-order valence-corrected chi connectivity index (χ2v) is 7.76. The average Bonchev–Trinajstić information content (AvgIpc) is 2.59. The molecule has 0 aliphatic heterocycles. The maximum Gasteiger partial charge on any atom is 0.252 e. The summed E-state index contributed by atoms with van der Waals surface area (Å²) in [4.78, 5) is 13.6. The van der Waals surface area contributed by atoms with E-state index in [9.17, 15) is 4.79 Å². The first kappa shape index (κ1) is 18.6. The van der Waals surface area contributed by atoms with E-state index in [0.29, 0.717) is 0 Å². The summed E-state index contributed by atoms with van der Waals surface area (Å²) in [6, 6.07) is 18.4. The topological polar surface area (TPSA) is 29.1 Å². The Balaban J connectivity index is 1.92. The van der Waals surface area contributed by atoms with Gasteiger partial charge in [-0.25, -0.2) is 0 Å². The maximum atomic E-state index is 12.6. The van der Waals surface area contributed by atoms with Gasteiger partial charge >= 0.3 is 0 Å². The number of hydrogen-bond acceptors (Lipinski definition) is 2. The molecule has 0 saturated carbocycles. The molecule has 0 heterocycles. The molecule has 24 heavy (non-hydrogen) atoms. The standard InChI is InChI=1S/C21H27NOS/c1-4-21(2,3)22-20(23)18-14-8-9-15-19(18)24-16-10-13-17-11-6-5-7-12-17/h5-9,11-12,14-15H,4,10,13,16H2,1-3H3,(H,22,23). The number of benzene rings is 2. The summed E-state index contributed by atoms with van der Waals surface area (Å²) in [5, 5.41) is 3.13. The van der Waals surface area contributed by atoms with Crippen LogP contribution in [0.1, 0.15) is 49.5 Å². The third-order valence-electron chi connectivity index (χ3n) is 4.18. The number of carbonyl (C=O) groups excluding carboxylic acids is 1. The summed E-state index contributed by atoms with van der Waals surface area (Å²) in [5.41, 5.74) is 1.97. The van der Waals surface area contributed by atoms with Crippen molar-refractivity contribution >= 4 is 17.7 Å². The Morgan fingerprint density at radius 2 is 1.71 bits per heavy atom. The number of amides is 1. The zero-order chi connectivity index (χ0) is 17.4. The second-order valence-electron chi connectivity index (χ2n) is 6.63. The van der Waals surface area contributed by atoms with Crippen molar-refractivity contribution in [2.75, 3.05) is 5.75 Å². The van der Waals surface area contributed by atoms with Crippen molar-refractivity contribution in [3.8, 4) is 0 Å². The zero-order valence-corrected chi connectivity index (χ0v) is 15.7. The SMILES string of the molecule is CCC(C)(C)NC(=O)c1ccccc1SCCCc1ccccc1. The number of rotatable bonds is 8. The van der Waals surface area contributed by atoms with Crippen LogP contribution in [0.25, 0.3) is 0 Å². The van der Waals surface area contributed by atoms with E-state index in [0.717, 1.165) is 35.5 Å². The molecule has 0 aliphatic carbocycles. The van der Waals surface area contributed by atoms with Gasteiger partial charge in [-0.05, 0) is 56.6 Å². The van der Waals surface area contributed by atoms with Gasteiger partial charge in [-0.15, -0.1) is 11.8 Å². The van der Waals surface area contributed by atoms with E-state index < -0.39 is 0 Å². The predicted molar refractivity (Wildman–Crippen MR) is 104 cm³/mol. The molecule has 0 unspecified atom stereocenters. The molecule has 2 aromatic rings. The molecule has 0 aromatic heterocycles. The first-order valence-corrected chi connectivity index (χ1v) is 9.58. The smallest absolute Gasteiger partial charge is 0.252 e. The Morgan fingerprint density at radius 3 is 2.42 bits per heavy atom. The summed E-state index contributed by atoms with van der Waals surface area (Å²) in [7, 11) is 0. The Morgan fingerprint density at radius 1 is 1.04 bits per heavy atom. The van der Waals surface area contributed by atoms with Crippen molar-refractivity contribution in [2.24, 2.45) is 0 Å². The van der Waals surface area contributed by atoms with Crippen LogP contribution >= 0.6 is 11.8 Å². The van der Waals surface area contributed by atoms with Crippen molar-refractivity contribution in [2.45, 2.75) is 50.5 Å². The highest BCUT2D eigenvalue weighted by Crippen LogP contribution is 2.24. The molecule has 0 spiro atoms. The van der Waals surface area contributed by atoms with Gasteiger partial charge in [0.15, 0.2) is 0 Å². The molecule has 0 aliphatic rings. The Labute approximate surface area is 150 Å². The highest BCUT2D eigenvalue weighted by atomic mass is 32.2. The van der Waals surface area contributed by atoms with Crippen LogP contribution in [-0.2, 0) is 6.42 Å². The van der Waals surface area contributed by atoms with Gasteiger partial charge < -0.3 is 5.32 Å². The van der Waals surface area contributed by atoms with Crippen molar-refractivity contribution in [1.29, 1.82) is 0 Å². The average molecular weight is 342 g/mol. The summed E-state index contributed by atoms with van der Waals surface area (Å²) in [5.74, 6) is 1.03. The van der Waals surface area contributed by atoms with E-state index >= 15 is 0 Å². The summed E-state index contributed by atoms with van der Waals surface area (Å²) in [6.45, 7) is 6.20. The third kappa shape index (κ3) is 5.72. The van der Waals surface area contributed by atoms with Crippen LogP contribution in [0.5, 0.6) is 0 Å². The van der Waals surface area contributed by atoms with Gasteiger partial charge in [0.05, 0.1) is 5.56 Å². The molecule has 0 bridgehead atoms. The molecule has 1 N–H and O–H groups in total. The number of carbonyl (C=O) groups is 1. The Kier molecular flexibility index (Phi) is 6.92. The number of nitrogens with one attached hydrogen (secondary N) is 1. The van der Waals surface area contributed by atoms with Gasteiger partial charge in [0.2, 0.25) is 0 Å². The molecule has 0 atom stereocenters. The molecule has 3 heteroatoms. The maximum absolute atomic E-state index is 12.6. The fourth-order valence-electron chi connectivity index (χ4n) is 2.35. The summed E-state index contributed by atoms with van der Waals surface area (Å²) < 4.78 is 0. The van der Waals surface area contributed by atoms with Gasteiger partial charge in [0.1, 0.15) is 0 Å². The van der Waals surface area contributed by atoms with Crippen molar-refractivity contribution < 1.29 is 4.79 Å². The molecule has 2 aromatic carbocycles. The van der Waals surface area contributed by atoms with Crippen LogP contribution in [0.2, 0.25) is 0 Å². The van der Waals surface area contributed by atoms with E-state index in [1.54, 1.807) is 11.8 Å². The molecule has 0 saturated heterocycles. The zero-order valence-electron chi connectivity index (χ0n) is 14.8. The fourth-order valence-corrected chi connectivity index (χ4v) is 3.35. The summed E-state index contributed by atoms with van der Waals surface area (Å²) in [6.07, 6.45) is 3.08. The van der Waals surface area contributed by atoms with Gasteiger partial charge in [-0.1, -0.05) is 49.4 Å². The van der Waals surface area contributed by atoms with Gasteiger partial charge in [-0.2, -0.15) is 0 Å². The van der Waals surface area contributed by atoms with E-state index in [4.69, 9.17) is 0 Å². The lowest BCUT2D eigenvalue weighted by Crippen LogP contribution is -2.42. The Hall–Kier alpha value is -1.74. The predicted octanol–water partition coefficient (Wildman–Crippen LogP) is 5.33. The lowest BCUT2D eigenvalue weighted by molar-refractivity contribution is 0.0908. The quantitative estimate of drug-likeness (QED) is 0.519. The number of thioether (sulfide) groups is 1. The normalized spacial score (nSPS) is 11.3. The second kappa shape index (κ2) is 8.93. The lowest BCUT2D eigenvalue weighted by atomic mass is 10.0. The Bertz CT molecular complexity index is 652. The van der Waals surface area contributed by atoms with E-state index in [1.165, 1.54) is 5.56 Å². The molecule has 1 amide bonds. The van der Waals surface area contributed by atoms with Crippen LogP contribution < -0.4 is 5.32 Å². The lowest BCUT2D eigenvalue weighted by Gasteiger charge is -2.25. The van der Waals surface area contributed by atoms with Crippen molar-refractivity contribution in [3.05, 3.63) is 65.7 Å². The minimum absolute atomic E-state index is 0.0213. The van der Waals surface area contributed by atoms with Crippen LogP contribution in [0, 0.1) is 0 Å². The molecule has 128 valence electrons. The van der Waals surface area contributed by atoms with Gasteiger partial charge in [-0.3, -0.25) is 4.79 Å². The first-order valence-electron chi connectivity index (χ1n) is 8.60. The van der Waals surface area contributed by atoms with Gasteiger partial charge in [0, 0.05) is 10.4 Å². The van der Waals surface area contributed by atoms with E-state index in [2.05, 4.69) is 50.4 Å². The minimum atomic E-state index is -0.178. The van der Waals surface area contributed by atoms with Crippen LogP contribution in [-0.4, -0.2) is 17.2 Å². The number of aryl methyl sites for hydroxylation is 1. The molecule has 0 radical (unpaired) electrons. The van der Waals surface area contributed by atoms with E-state index in [-0.39, 0.29) is 11.4 Å². The summed E-state index contributed by atoms with van der Waals surface area (Å²) >= 11 is 1.77. The highest BCUT2D eigenvalue weighted by Gasteiger charge is 2.20. The molecule has 0 fully saturated rings. The molecule has 2 rings (SSSR count). The van der Waals surface area contributed by atoms with Crippen LogP contribution in [0.4, 0.5) is 0 Å². The van der Waals surface area contributed by atoms with E-state index in [1.807, 2.05) is 30.3 Å². The van der Waals surface area contributed by atoms with Crippen molar-refractivity contribution in [3.63, 3.8) is 0 Å². The fraction of sp³-hybridized carbons (Fsp3) is 0.381. The molecular weight excluding hydrogens is 314 g/mol. The highest BCUT2D eigenvalue weighted by molar-refractivity contribution is 7.99. The minimum Gasteiger partial charge on any atom is -0.347 e. The molecular formula is C21H27NOS. The molecule has 2 nitrogen and oxygen atoms in total. The van der Waals surface area contributed by atoms with Crippen LogP contribution in [0.3, 0.4) is 0 Å². The van der Waals surface area contributed by atoms with Gasteiger partial charge in [0.25, 0.3) is 5.91 Å². The third-order valence-corrected chi connectivity index (χ3v) is 5.34.